The molecule has 0 aromatic heterocycles. The summed E-state index contributed by atoms with van der Waals surface area (Å²) in [5, 5.41) is 0. The van der Waals surface area contributed by atoms with Gasteiger partial charge in [0.15, 0.2) is 17.4 Å². The zero-order chi connectivity index (χ0) is 11.0. The Morgan fingerprint density at radius 2 is 1.80 bits per heavy atom. The molecule has 0 aliphatic heterocycles. The number of ketones is 1. The Kier molecular flexibility index (Phi) is 2.34. The van der Waals surface area contributed by atoms with Crippen LogP contribution in [0, 0.1) is 17.5 Å². The lowest BCUT2D eigenvalue weighted by Crippen LogP contribution is -1.94. The summed E-state index contributed by atoms with van der Waals surface area (Å²) < 4.78 is 39.0. The van der Waals surface area contributed by atoms with E-state index in [9.17, 15) is 18.0 Å². The summed E-state index contributed by atoms with van der Waals surface area (Å²) in [7, 11) is 0. The number of carbonyl (C=O) groups excluding carboxylic acids is 1. The summed E-state index contributed by atoms with van der Waals surface area (Å²) in [5.41, 5.74) is 0.203. The summed E-state index contributed by atoms with van der Waals surface area (Å²) in [6, 6.07) is 1.39. The van der Waals surface area contributed by atoms with Crippen molar-refractivity contribution in [2.75, 3.05) is 0 Å². The van der Waals surface area contributed by atoms with Gasteiger partial charge in [-0.2, -0.15) is 0 Å². The second-order valence-corrected chi connectivity index (χ2v) is 3.39. The van der Waals surface area contributed by atoms with Crippen LogP contribution in [-0.4, -0.2) is 5.78 Å². The largest absolute Gasteiger partial charge is 0.295 e. The molecule has 78 valence electrons. The molecule has 0 unspecified atom stereocenters. The first-order valence-corrected chi connectivity index (χ1v) is 4.46. The van der Waals surface area contributed by atoms with E-state index < -0.39 is 17.5 Å². The average molecular weight is 212 g/mol. The predicted molar refractivity (Wildman–Crippen MR) is 48.5 cm³/mol. The van der Waals surface area contributed by atoms with Crippen LogP contribution >= 0.6 is 0 Å². The van der Waals surface area contributed by atoms with E-state index in [1.807, 2.05) is 0 Å². The van der Waals surface area contributed by atoms with Crippen LogP contribution in [0.1, 0.15) is 18.4 Å². The number of carbonyl (C=O) groups is 1. The smallest absolute Gasteiger partial charge is 0.166 e. The van der Waals surface area contributed by atoms with Gasteiger partial charge in [-0.1, -0.05) is 0 Å². The highest BCUT2D eigenvalue weighted by molar-refractivity contribution is 6.01. The van der Waals surface area contributed by atoms with E-state index in [4.69, 9.17) is 0 Å². The van der Waals surface area contributed by atoms with Crippen molar-refractivity contribution in [3.8, 4) is 0 Å². The van der Waals surface area contributed by atoms with Crippen LogP contribution in [0.3, 0.4) is 0 Å². The molecule has 0 saturated heterocycles. The second kappa shape index (κ2) is 3.53. The molecule has 0 amide bonds. The Hall–Kier alpha value is -1.58. The Balaban J connectivity index is 2.53. The third kappa shape index (κ3) is 1.79. The molecule has 0 radical (unpaired) electrons. The standard InChI is InChI=1S/C11H7F3O/c12-7-4-9(11(14)10(13)5-7)6-1-2-8(15)3-6/h3-5H,1-2H2. The van der Waals surface area contributed by atoms with Gasteiger partial charge >= 0.3 is 0 Å². The average Bonchev–Trinajstić information content (AvgIpc) is 2.58. The van der Waals surface area contributed by atoms with Crippen molar-refractivity contribution in [3.05, 3.63) is 41.2 Å². The number of hydrogen-bond acceptors (Lipinski definition) is 1. The minimum Gasteiger partial charge on any atom is -0.295 e. The van der Waals surface area contributed by atoms with Crippen LogP contribution in [0.15, 0.2) is 18.2 Å². The van der Waals surface area contributed by atoms with E-state index in [-0.39, 0.29) is 17.8 Å². The van der Waals surface area contributed by atoms with Crippen molar-refractivity contribution in [3.63, 3.8) is 0 Å². The van der Waals surface area contributed by atoms with Gasteiger partial charge in [0.05, 0.1) is 0 Å². The van der Waals surface area contributed by atoms with E-state index >= 15 is 0 Å². The van der Waals surface area contributed by atoms with Crippen LogP contribution in [-0.2, 0) is 4.79 Å². The molecule has 4 heteroatoms. The third-order valence-corrected chi connectivity index (χ3v) is 2.31. The molecule has 0 saturated carbocycles. The lowest BCUT2D eigenvalue weighted by atomic mass is 10.0. The van der Waals surface area contributed by atoms with E-state index in [2.05, 4.69) is 0 Å². The maximum Gasteiger partial charge on any atom is 0.166 e. The summed E-state index contributed by atoms with van der Waals surface area (Å²) in [6.45, 7) is 0. The van der Waals surface area contributed by atoms with E-state index in [0.717, 1.165) is 6.07 Å². The Morgan fingerprint density at radius 3 is 2.40 bits per heavy atom. The molecule has 15 heavy (non-hydrogen) atoms. The fourth-order valence-electron chi connectivity index (χ4n) is 1.60. The molecule has 1 nitrogen and oxygen atoms in total. The molecule has 0 heterocycles. The molecule has 0 N–H and O–H groups in total. The molecule has 1 aromatic rings. The summed E-state index contributed by atoms with van der Waals surface area (Å²) >= 11 is 0. The molecule has 0 bridgehead atoms. The monoisotopic (exact) mass is 212 g/mol. The highest BCUT2D eigenvalue weighted by Crippen LogP contribution is 2.29. The fourth-order valence-corrected chi connectivity index (χ4v) is 1.60. The Morgan fingerprint density at radius 1 is 1.07 bits per heavy atom. The van der Waals surface area contributed by atoms with Crippen molar-refractivity contribution < 1.29 is 18.0 Å². The van der Waals surface area contributed by atoms with Crippen molar-refractivity contribution in [2.45, 2.75) is 12.8 Å². The molecule has 1 aliphatic rings. The Labute approximate surface area is 84.2 Å². The number of halogens is 3. The summed E-state index contributed by atoms with van der Waals surface area (Å²) in [5.74, 6) is -3.32. The molecule has 0 fully saturated rings. The number of hydrogen-bond donors (Lipinski definition) is 0. The first kappa shape index (κ1) is 9.96. The molecule has 0 atom stereocenters. The molecule has 1 aliphatic carbocycles. The van der Waals surface area contributed by atoms with Gasteiger partial charge < -0.3 is 0 Å². The van der Waals surface area contributed by atoms with Gasteiger partial charge in [-0.05, 0) is 24.1 Å². The SMILES string of the molecule is O=C1C=C(c2cc(F)cc(F)c2F)CC1. The third-order valence-electron chi connectivity index (χ3n) is 2.31. The van der Waals surface area contributed by atoms with Gasteiger partial charge in [0.25, 0.3) is 0 Å². The minimum absolute atomic E-state index is 0.144. The first-order valence-electron chi connectivity index (χ1n) is 4.46. The molecule has 1 aromatic carbocycles. The van der Waals surface area contributed by atoms with Crippen LogP contribution in [0.4, 0.5) is 13.2 Å². The van der Waals surface area contributed by atoms with Crippen molar-refractivity contribution in [1.82, 2.24) is 0 Å². The zero-order valence-corrected chi connectivity index (χ0v) is 7.69. The van der Waals surface area contributed by atoms with E-state index in [1.54, 1.807) is 0 Å². The quantitative estimate of drug-likeness (QED) is 0.654. The number of allylic oxidation sites excluding steroid dienone is 2. The van der Waals surface area contributed by atoms with Crippen molar-refractivity contribution in [1.29, 1.82) is 0 Å². The molecular formula is C11H7F3O. The van der Waals surface area contributed by atoms with E-state index in [1.165, 1.54) is 6.08 Å². The lowest BCUT2D eigenvalue weighted by Gasteiger charge is -2.04. The van der Waals surface area contributed by atoms with Crippen molar-refractivity contribution in [2.24, 2.45) is 0 Å². The first-order chi connectivity index (χ1) is 7.08. The van der Waals surface area contributed by atoms with Gasteiger partial charge in [-0.15, -0.1) is 0 Å². The molecule has 0 spiro atoms. The van der Waals surface area contributed by atoms with Crippen LogP contribution in [0.5, 0.6) is 0 Å². The topological polar surface area (TPSA) is 17.1 Å². The second-order valence-electron chi connectivity index (χ2n) is 3.39. The number of rotatable bonds is 1. The van der Waals surface area contributed by atoms with Crippen LogP contribution < -0.4 is 0 Å². The fraction of sp³-hybridized carbons (Fsp3) is 0.182. The summed E-state index contributed by atoms with van der Waals surface area (Å²) in [6.07, 6.45) is 1.84. The zero-order valence-electron chi connectivity index (χ0n) is 7.69. The Bertz CT molecular complexity index is 463. The normalized spacial score (nSPS) is 15.7. The maximum atomic E-state index is 13.3. The number of benzene rings is 1. The van der Waals surface area contributed by atoms with Gasteiger partial charge in [0, 0.05) is 18.1 Å². The van der Waals surface area contributed by atoms with Gasteiger partial charge in [-0.25, -0.2) is 13.2 Å². The lowest BCUT2D eigenvalue weighted by molar-refractivity contribution is -0.114. The van der Waals surface area contributed by atoms with E-state index in [0.29, 0.717) is 18.1 Å². The maximum absolute atomic E-state index is 13.3. The molecular weight excluding hydrogens is 205 g/mol. The van der Waals surface area contributed by atoms with Gasteiger partial charge in [0.2, 0.25) is 0 Å². The molecule has 2 rings (SSSR count). The summed E-state index contributed by atoms with van der Waals surface area (Å²) in [4.78, 5) is 10.9. The predicted octanol–water partition coefficient (Wildman–Crippen LogP) is 2.85. The van der Waals surface area contributed by atoms with Gasteiger partial charge in [-0.3, -0.25) is 4.79 Å². The van der Waals surface area contributed by atoms with Gasteiger partial charge in [0.1, 0.15) is 5.82 Å². The van der Waals surface area contributed by atoms with Crippen LogP contribution in [0.25, 0.3) is 5.57 Å². The highest BCUT2D eigenvalue weighted by Gasteiger charge is 2.19. The van der Waals surface area contributed by atoms with Crippen LogP contribution in [0.2, 0.25) is 0 Å². The highest BCUT2D eigenvalue weighted by atomic mass is 19.2. The van der Waals surface area contributed by atoms with Crippen molar-refractivity contribution >= 4 is 11.4 Å². The minimum atomic E-state index is -1.23.